The Hall–Kier alpha value is -3.40. The van der Waals surface area contributed by atoms with Crippen molar-refractivity contribution in [1.29, 1.82) is 0 Å². The zero-order chi connectivity index (χ0) is 28.1. The highest BCUT2D eigenvalue weighted by molar-refractivity contribution is 9.10. The zero-order valence-corrected chi connectivity index (χ0v) is 22.4. The van der Waals surface area contributed by atoms with Crippen LogP contribution in [0.25, 0.3) is 21.3 Å². The fourth-order valence-corrected chi connectivity index (χ4v) is 5.40. The van der Waals surface area contributed by atoms with Crippen molar-refractivity contribution in [3.8, 4) is 11.1 Å². The maximum Gasteiger partial charge on any atom is 0.433 e. The molecule has 0 atom stereocenters. The number of carbonyl (C=O) groups is 2. The number of aryl methyl sites for hydroxylation is 1. The summed E-state index contributed by atoms with van der Waals surface area (Å²) in [6.45, 7) is 4.88. The smallest absolute Gasteiger partial charge is 0.365 e. The Balaban J connectivity index is 1.88. The second-order valence-electron chi connectivity index (χ2n) is 8.15. The van der Waals surface area contributed by atoms with E-state index in [1.54, 1.807) is 11.6 Å². The average molecular weight is 620 g/mol. The molecule has 3 N–H and O–H groups in total. The fourth-order valence-electron chi connectivity index (χ4n) is 3.93. The van der Waals surface area contributed by atoms with Gasteiger partial charge in [-0.15, -0.1) is 11.3 Å². The molecule has 0 aliphatic rings. The molecule has 4 aromatic heterocycles. The van der Waals surface area contributed by atoms with E-state index in [0.29, 0.717) is 29.1 Å². The highest BCUT2D eigenvalue weighted by atomic mass is 79.9. The van der Waals surface area contributed by atoms with Gasteiger partial charge in [0.15, 0.2) is 0 Å². The molecule has 16 heteroatoms. The van der Waals surface area contributed by atoms with Gasteiger partial charge in [0.05, 0.1) is 22.1 Å². The number of thiophene rings is 1. The summed E-state index contributed by atoms with van der Waals surface area (Å²) >= 11 is 3.62. The number of primary amides is 1. The van der Waals surface area contributed by atoms with Crippen molar-refractivity contribution in [2.75, 3.05) is 5.32 Å². The molecule has 0 bridgehead atoms. The second kappa shape index (κ2) is 10.1. The van der Waals surface area contributed by atoms with Crippen LogP contribution in [-0.4, -0.2) is 36.4 Å². The van der Waals surface area contributed by atoms with Gasteiger partial charge in [-0.3, -0.25) is 19.0 Å². The molecule has 0 saturated carbocycles. The van der Waals surface area contributed by atoms with Crippen molar-refractivity contribution in [2.24, 2.45) is 5.73 Å². The number of alkyl halides is 5. The van der Waals surface area contributed by atoms with Crippen molar-refractivity contribution in [2.45, 2.75) is 46.5 Å². The first kappa shape index (κ1) is 27.6. The van der Waals surface area contributed by atoms with Crippen LogP contribution in [0.2, 0.25) is 0 Å². The second-order valence-corrected chi connectivity index (χ2v) is 9.95. The fraction of sp³-hybridized carbons (Fsp3) is 0.318. The molecule has 38 heavy (non-hydrogen) atoms. The largest absolute Gasteiger partial charge is 0.433 e. The van der Waals surface area contributed by atoms with Gasteiger partial charge in [0.2, 0.25) is 5.91 Å². The topological polar surface area (TPSA) is 121 Å². The SMILES string of the molecule is CCn1ncc(-c2cc(C(F)(F)F)nc3sc(C(N)=O)c(NC(=O)Cn4nc(C(F)F)c(Br)c4C)c23)c1C. The standard InChI is InChI=1S/C22H19BrF5N7O2S/c1-4-34-8(2)11(6-30-34)10-5-12(22(26,27)28)31-21-14(10)16(18(38-21)20(29)37)32-13(36)7-35-9(3)15(23)17(33-35)19(24)25/h5-6,19H,4,7H2,1-3H3,(H2,29,37)(H,32,36). The molecule has 0 aliphatic carbocycles. The van der Waals surface area contributed by atoms with Crippen LogP contribution in [0.3, 0.4) is 0 Å². The zero-order valence-electron chi connectivity index (χ0n) is 20.0. The third-order valence-electron chi connectivity index (χ3n) is 5.79. The van der Waals surface area contributed by atoms with E-state index in [9.17, 15) is 31.5 Å². The van der Waals surface area contributed by atoms with Crippen molar-refractivity contribution in [1.82, 2.24) is 24.5 Å². The lowest BCUT2D eigenvalue weighted by atomic mass is 10.0. The number of hydrogen-bond donors (Lipinski definition) is 2. The van der Waals surface area contributed by atoms with Gasteiger partial charge < -0.3 is 11.1 Å². The summed E-state index contributed by atoms with van der Waals surface area (Å²) in [5.41, 5.74) is 4.79. The number of nitrogens with zero attached hydrogens (tertiary/aromatic N) is 5. The van der Waals surface area contributed by atoms with Crippen LogP contribution in [0.1, 0.15) is 45.8 Å². The van der Waals surface area contributed by atoms with Gasteiger partial charge in [-0.25, -0.2) is 13.8 Å². The first-order valence-corrected chi connectivity index (χ1v) is 12.5. The summed E-state index contributed by atoms with van der Waals surface area (Å²) in [6, 6.07) is 0.823. The molecular weight excluding hydrogens is 601 g/mol. The minimum atomic E-state index is -4.80. The summed E-state index contributed by atoms with van der Waals surface area (Å²) in [5.74, 6) is -1.78. The van der Waals surface area contributed by atoms with Crippen molar-refractivity contribution < 1.29 is 31.5 Å². The Kier molecular flexibility index (Phi) is 7.31. The molecule has 2 amide bonds. The summed E-state index contributed by atoms with van der Waals surface area (Å²) < 4.78 is 70.2. The number of carbonyl (C=O) groups excluding carboxylic acids is 2. The monoisotopic (exact) mass is 619 g/mol. The normalized spacial score (nSPS) is 12.1. The van der Waals surface area contributed by atoms with E-state index in [4.69, 9.17) is 5.73 Å². The third-order valence-corrected chi connectivity index (χ3v) is 7.87. The molecule has 4 rings (SSSR count). The minimum absolute atomic E-state index is 0.0358. The maximum atomic E-state index is 13.7. The van der Waals surface area contributed by atoms with Crippen LogP contribution >= 0.6 is 27.3 Å². The number of nitrogens with two attached hydrogens (primary N) is 1. The number of halogens is 6. The Labute approximate surface area is 223 Å². The van der Waals surface area contributed by atoms with Gasteiger partial charge in [0.1, 0.15) is 27.6 Å². The summed E-state index contributed by atoms with van der Waals surface area (Å²) in [4.78, 5) is 28.5. The number of fused-ring (bicyclic) bond motifs is 1. The molecule has 0 fully saturated rings. The van der Waals surface area contributed by atoms with Gasteiger partial charge in [0.25, 0.3) is 12.3 Å². The predicted molar refractivity (Wildman–Crippen MR) is 133 cm³/mol. The minimum Gasteiger partial charge on any atom is -0.365 e. The molecule has 202 valence electrons. The molecular formula is C22H19BrF5N7O2S. The number of pyridine rings is 1. The Morgan fingerprint density at radius 1 is 1.18 bits per heavy atom. The van der Waals surface area contributed by atoms with E-state index in [0.717, 1.165) is 10.7 Å². The van der Waals surface area contributed by atoms with Crippen LogP contribution in [0.5, 0.6) is 0 Å². The van der Waals surface area contributed by atoms with E-state index < -0.39 is 42.3 Å². The van der Waals surface area contributed by atoms with Gasteiger partial charge in [-0.2, -0.15) is 23.4 Å². The highest BCUT2D eigenvalue weighted by Gasteiger charge is 2.35. The lowest BCUT2D eigenvalue weighted by Crippen LogP contribution is -2.22. The quantitative estimate of drug-likeness (QED) is 0.267. The summed E-state index contributed by atoms with van der Waals surface area (Å²) in [5, 5.41) is 10.5. The van der Waals surface area contributed by atoms with E-state index in [-0.39, 0.29) is 36.5 Å². The predicted octanol–water partition coefficient (Wildman–Crippen LogP) is 5.45. The number of aromatic nitrogens is 5. The lowest BCUT2D eigenvalue weighted by molar-refractivity contribution is -0.140. The number of nitrogens with one attached hydrogen (secondary N) is 1. The van der Waals surface area contributed by atoms with Gasteiger partial charge >= 0.3 is 6.18 Å². The summed E-state index contributed by atoms with van der Waals surface area (Å²) in [6.07, 6.45) is -6.30. The molecule has 0 saturated heterocycles. The summed E-state index contributed by atoms with van der Waals surface area (Å²) in [7, 11) is 0. The molecule has 9 nitrogen and oxygen atoms in total. The number of amides is 2. The first-order chi connectivity index (χ1) is 17.7. The van der Waals surface area contributed by atoms with E-state index in [1.165, 1.54) is 13.1 Å². The number of rotatable bonds is 7. The third kappa shape index (κ3) is 4.89. The lowest BCUT2D eigenvalue weighted by Gasteiger charge is -2.12. The Morgan fingerprint density at radius 2 is 1.87 bits per heavy atom. The van der Waals surface area contributed by atoms with Crippen LogP contribution in [-0.2, 0) is 24.1 Å². The molecule has 0 aliphatic heterocycles. The van der Waals surface area contributed by atoms with Crippen molar-refractivity contribution in [3.05, 3.63) is 44.4 Å². The van der Waals surface area contributed by atoms with E-state index in [1.807, 2.05) is 6.92 Å². The first-order valence-electron chi connectivity index (χ1n) is 10.9. The molecule has 4 aromatic rings. The average Bonchev–Trinajstić information content (AvgIpc) is 3.47. The van der Waals surface area contributed by atoms with Crippen LogP contribution < -0.4 is 11.1 Å². The Morgan fingerprint density at radius 3 is 2.39 bits per heavy atom. The Bertz CT molecular complexity index is 1570. The number of hydrogen-bond acceptors (Lipinski definition) is 6. The van der Waals surface area contributed by atoms with Crippen molar-refractivity contribution >= 4 is 55.0 Å². The molecule has 0 aromatic carbocycles. The van der Waals surface area contributed by atoms with Gasteiger partial charge in [-0.05, 0) is 48.3 Å². The highest BCUT2D eigenvalue weighted by Crippen LogP contribution is 2.44. The number of anilines is 1. The molecule has 0 unspecified atom stereocenters. The van der Waals surface area contributed by atoms with Crippen LogP contribution in [0.4, 0.5) is 27.6 Å². The van der Waals surface area contributed by atoms with Gasteiger partial charge in [0, 0.05) is 23.2 Å². The van der Waals surface area contributed by atoms with Crippen LogP contribution in [0.15, 0.2) is 16.7 Å². The molecule has 4 heterocycles. The molecule has 0 spiro atoms. The molecule has 0 radical (unpaired) electrons. The van der Waals surface area contributed by atoms with Gasteiger partial charge in [-0.1, -0.05) is 0 Å². The maximum absolute atomic E-state index is 13.7. The van der Waals surface area contributed by atoms with Crippen LogP contribution in [0, 0.1) is 13.8 Å². The van der Waals surface area contributed by atoms with E-state index in [2.05, 4.69) is 36.4 Å². The van der Waals surface area contributed by atoms with Crippen molar-refractivity contribution in [3.63, 3.8) is 0 Å². The van der Waals surface area contributed by atoms with E-state index >= 15 is 0 Å².